The maximum Gasteiger partial charge on any atom is 0.404 e. The molecule has 0 radical (unpaired) electrons. The Morgan fingerprint density at radius 3 is 2.22 bits per heavy atom. The highest BCUT2D eigenvalue weighted by molar-refractivity contribution is 6.18. The standard InChI is InChI=1S/C26H27ClN4O5/c27-12-22(15-32)28-13-20-9-5-18(6-10-20)2-1-17-3-7-19(8-4-17)11-21(14-29-26(35)36)23-24(33)25(34)31-16-30-23/h3-10,16,21-22,28-29,32-33H,11-15H2,(H,35,36)(H,30,31,34). The molecule has 10 heteroatoms. The van der Waals surface area contributed by atoms with Crippen LogP contribution in [0.3, 0.4) is 0 Å². The zero-order chi connectivity index (χ0) is 25.9. The number of hydrogen-bond acceptors (Lipinski definition) is 6. The van der Waals surface area contributed by atoms with Gasteiger partial charge in [0.25, 0.3) is 5.56 Å². The molecule has 0 fully saturated rings. The van der Waals surface area contributed by atoms with Gasteiger partial charge in [0, 0.05) is 42.1 Å². The normalized spacial score (nSPS) is 12.3. The van der Waals surface area contributed by atoms with E-state index in [1.165, 1.54) is 6.33 Å². The summed E-state index contributed by atoms with van der Waals surface area (Å²) < 4.78 is 0. The van der Waals surface area contributed by atoms with Crippen LogP contribution in [-0.4, -0.2) is 56.5 Å². The number of rotatable bonds is 10. The van der Waals surface area contributed by atoms with Crippen LogP contribution in [0, 0.1) is 11.8 Å². The Morgan fingerprint density at radius 2 is 1.67 bits per heavy atom. The molecule has 3 rings (SSSR count). The van der Waals surface area contributed by atoms with E-state index in [0.717, 1.165) is 22.3 Å². The van der Waals surface area contributed by atoms with Gasteiger partial charge in [0.1, 0.15) is 0 Å². The minimum Gasteiger partial charge on any atom is -0.502 e. The first-order chi connectivity index (χ1) is 17.4. The number of aliphatic hydroxyl groups is 1. The highest BCUT2D eigenvalue weighted by atomic mass is 35.5. The third-order valence-electron chi connectivity index (χ3n) is 5.49. The van der Waals surface area contributed by atoms with Gasteiger partial charge < -0.3 is 30.9 Å². The highest BCUT2D eigenvalue weighted by Gasteiger charge is 2.20. The summed E-state index contributed by atoms with van der Waals surface area (Å²) in [5.74, 6) is 5.51. The molecular formula is C26H27ClN4O5. The molecule has 1 heterocycles. The molecule has 0 saturated heterocycles. The number of aromatic nitrogens is 2. The van der Waals surface area contributed by atoms with E-state index in [1.807, 2.05) is 48.5 Å². The summed E-state index contributed by atoms with van der Waals surface area (Å²) in [6, 6.07) is 15.1. The second kappa shape index (κ2) is 13.3. The summed E-state index contributed by atoms with van der Waals surface area (Å²) in [6.07, 6.45) is 0.330. The number of nitrogens with one attached hydrogen (secondary N) is 3. The quantitative estimate of drug-likeness (QED) is 0.181. The van der Waals surface area contributed by atoms with Crippen LogP contribution in [0.15, 0.2) is 59.7 Å². The summed E-state index contributed by atoms with van der Waals surface area (Å²) in [7, 11) is 0. The molecule has 6 N–H and O–H groups in total. The molecule has 9 nitrogen and oxygen atoms in total. The first kappa shape index (κ1) is 26.8. The van der Waals surface area contributed by atoms with Gasteiger partial charge in [-0.3, -0.25) is 4.79 Å². The van der Waals surface area contributed by atoms with E-state index in [-0.39, 0.29) is 24.9 Å². The van der Waals surface area contributed by atoms with Crippen molar-refractivity contribution < 1.29 is 20.1 Å². The SMILES string of the molecule is O=C(O)NCC(Cc1ccc(C#Cc2ccc(CNC(CO)CCl)cc2)cc1)c1nc[nH]c(=O)c1O. The van der Waals surface area contributed by atoms with E-state index in [1.54, 1.807) is 0 Å². The van der Waals surface area contributed by atoms with Crippen molar-refractivity contribution in [2.45, 2.75) is 24.9 Å². The van der Waals surface area contributed by atoms with Crippen LogP contribution in [0.1, 0.15) is 33.9 Å². The Bertz CT molecular complexity index is 1260. The number of aliphatic hydroxyl groups excluding tert-OH is 1. The minimum absolute atomic E-state index is 0.0149. The molecule has 2 atom stereocenters. The smallest absolute Gasteiger partial charge is 0.404 e. The number of halogens is 1. The van der Waals surface area contributed by atoms with Crippen molar-refractivity contribution in [3.63, 3.8) is 0 Å². The number of amides is 1. The Labute approximate surface area is 213 Å². The fourth-order valence-corrected chi connectivity index (χ4v) is 3.68. The van der Waals surface area contributed by atoms with Crippen LogP contribution in [-0.2, 0) is 13.0 Å². The van der Waals surface area contributed by atoms with Crippen molar-refractivity contribution in [3.8, 4) is 17.6 Å². The number of H-pyrrole nitrogens is 1. The van der Waals surface area contributed by atoms with E-state index in [4.69, 9.17) is 16.7 Å². The first-order valence-electron chi connectivity index (χ1n) is 11.2. The van der Waals surface area contributed by atoms with Gasteiger partial charge in [0.05, 0.1) is 18.6 Å². The lowest BCUT2D eigenvalue weighted by atomic mass is 9.94. The summed E-state index contributed by atoms with van der Waals surface area (Å²) in [5.41, 5.74) is 3.03. The number of nitrogens with zero attached hydrogens (tertiary/aromatic N) is 1. The molecule has 2 aromatic carbocycles. The van der Waals surface area contributed by atoms with Crippen LogP contribution < -0.4 is 16.2 Å². The number of aromatic amines is 1. The zero-order valence-electron chi connectivity index (χ0n) is 19.4. The van der Waals surface area contributed by atoms with Crippen LogP contribution in [0.2, 0.25) is 0 Å². The van der Waals surface area contributed by atoms with Crippen molar-refractivity contribution in [2.24, 2.45) is 0 Å². The molecule has 0 aliphatic rings. The molecule has 2 unspecified atom stereocenters. The van der Waals surface area contributed by atoms with Crippen molar-refractivity contribution in [1.29, 1.82) is 0 Å². The van der Waals surface area contributed by atoms with E-state index >= 15 is 0 Å². The molecule has 3 aromatic rings. The average Bonchev–Trinajstić information content (AvgIpc) is 2.89. The summed E-state index contributed by atoms with van der Waals surface area (Å²) >= 11 is 5.77. The summed E-state index contributed by atoms with van der Waals surface area (Å²) in [5, 5.41) is 33.7. The monoisotopic (exact) mass is 510 g/mol. The summed E-state index contributed by atoms with van der Waals surface area (Å²) in [4.78, 5) is 29.1. The molecule has 0 aliphatic carbocycles. The topological polar surface area (TPSA) is 148 Å². The largest absolute Gasteiger partial charge is 0.502 e. The van der Waals surface area contributed by atoms with Crippen molar-refractivity contribution in [3.05, 3.63) is 93.2 Å². The number of alkyl halides is 1. The van der Waals surface area contributed by atoms with Crippen LogP contribution in [0.25, 0.3) is 0 Å². The van der Waals surface area contributed by atoms with Crippen molar-refractivity contribution in [1.82, 2.24) is 20.6 Å². The van der Waals surface area contributed by atoms with Gasteiger partial charge >= 0.3 is 6.09 Å². The Balaban J connectivity index is 1.66. The zero-order valence-corrected chi connectivity index (χ0v) is 20.1. The molecule has 36 heavy (non-hydrogen) atoms. The van der Waals surface area contributed by atoms with Crippen LogP contribution in [0.5, 0.6) is 5.75 Å². The van der Waals surface area contributed by atoms with Crippen molar-refractivity contribution >= 4 is 17.7 Å². The second-order valence-corrected chi connectivity index (χ2v) is 8.42. The number of benzene rings is 2. The fraction of sp³-hybridized carbons (Fsp3) is 0.269. The Hall–Kier alpha value is -3.84. The maximum absolute atomic E-state index is 11.8. The third-order valence-corrected chi connectivity index (χ3v) is 5.86. The van der Waals surface area contributed by atoms with Crippen LogP contribution in [0.4, 0.5) is 4.79 Å². The van der Waals surface area contributed by atoms with Gasteiger partial charge in [-0.15, -0.1) is 11.6 Å². The number of hydrogen-bond donors (Lipinski definition) is 6. The lowest BCUT2D eigenvalue weighted by Gasteiger charge is -2.17. The fourth-order valence-electron chi connectivity index (χ4n) is 3.47. The van der Waals surface area contributed by atoms with Gasteiger partial charge in [-0.05, 0) is 41.8 Å². The van der Waals surface area contributed by atoms with E-state index in [9.17, 15) is 19.8 Å². The predicted octanol–water partition coefficient (Wildman–Crippen LogP) is 2.16. The molecule has 188 valence electrons. The van der Waals surface area contributed by atoms with Crippen LogP contribution >= 0.6 is 11.6 Å². The van der Waals surface area contributed by atoms with E-state index < -0.39 is 23.3 Å². The minimum atomic E-state index is -1.20. The molecule has 0 bridgehead atoms. The lowest BCUT2D eigenvalue weighted by Crippen LogP contribution is -2.33. The number of aromatic hydroxyl groups is 1. The Morgan fingerprint density at radius 1 is 1.06 bits per heavy atom. The van der Waals surface area contributed by atoms with Gasteiger partial charge in [-0.1, -0.05) is 36.1 Å². The first-order valence-corrected chi connectivity index (χ1v) is 11.8. The molecule has 1 amide bonds. The summed E-state index contributed by atoms with van der Waals surface area (Å²) in [6.45, 7) is 0.566. The van der Waals surface area contributed by atoms with E-state index in [2.05, 4.69) is 32.4 Å². The van der Waals surface area contributed by atoms with E-state index in [0.29, 0.717) is 18.8 Å². The van der Waals surface area contributed by atoms with Crippen molar-refractivity contribution in [2.75, 3.05) is 19.0 Å². The maximum atomic E-state index is 11.8. The average molecular weight is 511 g/mol. The Kier molecular flexibility index (Phi) is 9.89. The third kappa shape index (κ3) is 7.85. The molecule has 0 spiro atoms. The highest BCUT2D eigenvalue weighted by Crippen LogP contribution is 2.23. The lowest BCUT2D eigenvalue weighted by molar-refractivity contribution is 0.193. The number of carboxylic acid groups (broad SMARTS) is 1. The predicted molar refractivity (Wildman–Crippen MR) is 136 cm³/mol. The molecular weight excluding hydrogens is 484 g/mol. The second-order valence-electron chi connectivity index (χ2n) is 8.11. The molecule has 0 aliphatic heterocycles. The van der Waals surface area contributed by atoms with Gasteiger partial charge in [0.15, 0.2) is 0 Å². The van der Waals surface area contributed by atoms with Gasteiger partial charge in [-0.2, -0.15) is 0 Å². The van der Waals surface area contributed by atoms with Gasteiger partial charge in [0.2, 0.25) is 5.75 Å². The van der Waals surface area contributed by atoms with Gasteiger partial charge in [-0.25, -0.2) is 9.78 Å². The molecule has 0 saturated carbocycles. The number of carbonyl (C=O) groups is 1. The molecule has 1 aromatic heterocycles.